The fourth-order valence-electron chi connectivity index (χ4n) is 2.33. The highest BCUT2D eigenvalue weighted by Gasteiger charge is 2.39. The number of hydrogen-bond acceptors (Lipinski definition) is 4. The monoisotopic (exact) mass is 271 g/mol. The number of benzene rings is 1. The first kappa shape index (κ1) is 12.8. The van der Waals surface area contributed by atoms with Crippen molar-refractivity contribution in [1.29, 1.82) is 0 Å². The molecule has 20 heavy (non-hydrogen) atoms. The summed E-state index contributed by atoms with van der Waals surface area (Å²) in [7, 11) is 0. The molecular formula is C14H17N5O. The van der Waals surface area contributed by atoms with Gasteiger partial charge in [-0.1, -0.05) is 35.5 Å². The number of rotatable bonds is 5. The van der Waals surface area contributed by atoms with Crippen molar-refractivity contribution in [3.63, 3.8) is 0 Å². The average Bonchev–Trinajstić information content (AvgIpc) is 3.07. The molecule has 6 nitrogen and oxygen atoms in total. The van der Waals surface area contributed by atoms with Crippen LogP contribution in [0.2, 0.25) is 0 Å². The van der Waals surface area contributed by atoms with E-state index in [2.05, 4.69) is 27.8 Å². The Morgan fingerprint density at radius 1 is 1.40 bits per heavy atom. The molecule has 1 saturated carbocycles. The Morgan fingerprint density at radius 3 is 2.90 bits per heavy atom. The number of carbonyl (C=O) groups is 1. The lowest BCUT2D eigenvalue weighted by molar-refractivity contribution is -0.122. The van der Waals surface area contributed by atoms with Crippen LogP contribution in [0.5, 0.6) is 0 Å². The minimum atomic E-state index is -0.0399. The van der Waals surface area contributed by atoms with E-state index in [0.29, 0.717) is 18.2 Å². The van der Waals surface area contributed by atoms with Gasteiger partial charge in [0.25, 0.3) is 0 Å². The van der Waals surface area contributed by atoms with Crippen molar-refractivity contribution in [1.82, 2.24) is 20.3 Å². The topological polar surface area (TPSA) is 85.8 Å². The lowest BCUT2D eigenvalue weighted by atomic mass is 10.1. The summed E-state index contributed by atoms with van der Waals surface area (Å²) in [6.07, 6.45) is 2.70. The molecule has 1 heterocycles. The molecule has 2 atom stereocenters. The van der Waals surface area contributed by atoms with Crippen LogP contribution in [-0.2, 0) is 17.9 Å². The van der Waals surface area contributed by atoms with E-state index in [0.717, 1.165) is 6.42 Å². The maximum absolute atomic E-state index is 11.9. The van der Waals surface area contributed by atoms with Gasteiger partial charge in [-0.15, -0.1) is 5.10 Å². The fraction of sp³-hybridized carbons (Fsp3) is 0.357. The molecule has 0 bridgehead atoms. The van der Waals surface area contributed by atoms with E-state index in [1.165, 1.54) is 10.2 Å². The Kier molecular flexibility index (Phi) is 3.47. The maximum atomic E-state index is 11.9. The third-order valence-electron chi connectivity index (χ3n) is 3.47. The molecule has 1 aromatic carbocycles. The highest BCUT2D eigenvalue weighted by Crippen LogP contribution is 2.40. The SMILES string of the molecule is NCc1cn(CC(=O)NC2CC2c2ccccc2)nn1. The summed E-state index contributed by atoms with van der Waals surface area (Å²) in [4.78, 5) is 11.9. The van der Waals surface area contributed by atoms with Crippen molar-refractivity contribution >= 4 is 5.91 Å². The van der Waals surface area contributed by atoms with E-state index < -0.39 is 0 Å². The average molecular weight is 271 g/mol. The smallest absolute Gasteiger partial charge is 0.242 e. The Bertz CT molecular complexity index is 595. The van der Waals surface area contributed by atoms with Crippen LogP contribution in [0.4, 0.5) is 0 Å². The van der Waals surface area contributed by atoms with Gasteiger partial charge in [-0.3, -0.25) is 4.79 Å². The third kappa shape index (κ3) is 2.85. The van der Waals surface area contributed by atoms with Crippen molar-refractivity contribution in [2.24, 2.45) is 5.73 Å². The minimum absolute atomic E-state index is 0.0399. The van der Waals surface area contributed by atoms with Gasteiger partial charge in [0.1, 0.15) is 6.54 Å². The molecule has 104 valence electrons. The van der Waals surface area contributed by atoms with Crippen molar-refractivity contribution < 1.29 is 4.79 Å². The summed E-state index contributed by atoms with van der Waals surface area (Å²) in [6, 6.07) is 10.5. The molecule has 1 aromatic heterocycles. The summed E-state index contributed by atoms with van der Waals surface area (Å²) >= 11 is 0. The highest BCUT2D eigenvalue weighted by molar-refractivity contribution is 5.76. The first-order chi connectivity index (χ1) is 9.76. The molecule has 0 saturated heterocycles. The summed E-state index contributed by atoms with van der Waals surface area (Å²) in [5.41, 5.74) is 7.42. The molecule has 3 rings (SSSR count). The molecule has 6 heteroatoms. The van der Waals surface area contributed by atoms with Crippen molar-refractivity contribution in [2.75, 3.05) is 0 Å². The molecule has 0 aliphatic heterocycles. The van der Waals surface area contributed by atoms with Gasteiger partial charge in [-0.05, 0) is 12.0 Å². The van der Waals surface area contributed by atoms with Gasteiger partial charge in [-0.2, -0.15) is 0 Å². The predicted molar refractivity (Wildman–Crippen MR) is 73.6 cm³/mol. The van der Waals surface area contributed by atoms with Gasteiger partial charge in [0, 0.05) is 18.5 Å². The second-order valence-electron chi connectivity index (χ2n) is 5.04. The van der Waals surface area contributed by atoms with Crippen LogP contribution in [-0.4, -0.2) is 26.9 Å². The van der Waals surface area contributed by atoms with E-state index in [1.807, 2.05) is 18.2 Å². The van der Waals surface area contributed by atoms with E-state index in [1.54, 1.807) is 6.20 Å². The highest BCUT2D eigenvalue weighted by atomic mass is 16.2. The molecular weight excluding hydrogens is 254 g/mol. The van der Waals surface area contributed by atoms with Crippen LogP contribution in [0.25, 0.3) is 0 Å². The summed E-state index contributed by atoms with van der Waals surface area (Å²) in [5.74, 6) is 0.400. The Morgan fingerprint density at radius 2 is 2.20 bits per heavy atom. The van der Waals surface area contributed by atoms with Gasteiger partial charge < -0.3 is 11.1 Å². The van der Waals surface area contributed by atoms with E-state index in [-0.39, 0.29) is 18.5 Å². The molecule has 1 fully saturated rings. The first-order valence-corrected chi connectivity index (χ1v) is 6.69. The van der Waals surface area contributed by atoms with Crippen LogP contribution in [0, 0.1) is 0 Å². The molecule has 3 N–H and O–H groups in total. The maximum Gasteiger partial charge on any atom is 0.242 e. The lowest BCUT2D eigenvalue weighted by Gasteiger charge is -2.04. The number of aromatic nitrogens is 3. The number of nitrogens with two attached hydrogens (primary N) is 1. The third-order valence-corrected chi connectivity index (χ3v) is 3.47. The van der Waals surface area contributed by atoms with E-state index in [9.17, 15) is 4.79 Å². The zero-order chi connectivity index (χ0) is 13.9. The summed E-state index contributed by atoms with van der Waals surface area (Å²) < 4.78 is 1.51. The molecule has 2 unspecified atom stereocenters. The number of nitrogens with zero attached hydrogens (tertiary/aromatic N) is 3. The van der Waals surface area contributed by atoms with E-state index in [4.69, 9.17) is 5.73 Å². The first-order valence-electron chi connectivity index (χ1n) is 6.69. The zero-order valence-corrected chi connectivity index (χ0v) is 11.1. The van der Waals surface area contributed by atoms with Crippen molar-refractivity contribution in [3.05, 3.63) is 47.8 Å². The molecule has 1 amide bonds. The van der Waals surface area contributed by atoms with Gasteiger partial charge in [-0.25, -0.2) is 4.68 Å². The predicted octanol–water partition coefficient (Wildman–Crippen LogP) is 0.409. The molecule has 0 radical (unpaired) electrons. The fourth-order valence-corrected chi connectivity index (χ4v) is 2.33. The Balaban J connectivity index is 1.51. The normalized spacial score (nSPS) is 20.6. The lowest BCUT2D eigenvalue weighted by Crippen LogP contribution is -2.30. The number of amides is 1. The second-order valence-corrected chi connectivity index (χ2v) is 5.04. The van der Waals surface area contributed by atoms with Crippen LogP contribution in [0.1, 0.15) is 23.6 Å². The zero-order valence-electron chi connectivity index (χ0n) is 11.1. The summed E-state index contributed by atoms with van der Waals surface area (Å²) in [6.45, 7) is 0.519. The van der Waals surface area contributed by atoms with Gasteiger partial charge in [0.2, 0.25) is 5.91 Å². The van der Waals surface area contributed by atoms with Crippen LogP contribution >= 0.6 is 0 Å². The quantitative estimate of drug-likeness (QED) is 0.824. The molecule has 1 aliphatic carbocycles. The largest absolute Gasteiger partial charge is 0.351 e. The molecule has 0 spiro atoms. The van der Waals surface area contributed by atoms with Crippen LogP contribution in [0.3, 0.4) is 0 Å². The van der Waals surface area contributed by atoms with Gasteiger partial charge in [0.15, 0.2) is 0 Å². The van der Waals surface area contributed by atoms with Gasteiger partial charge >= 0.3 is 0 Å². The molecule has 1 aliphatic rings. The Labute approximate surface area is 117 Å². The van der Waals surface area contributed by atoms with E-state index >= 15 is 0 Å². The molecule has 2 aromatic rings. The van der Waals surface area contributed by atoms with Crippen molar-refractivity contribution in [2.45, 2.75) is 31.5 Å². The minimum Gasteiger partial charge on any atom is -0.351 e. The van der Waals surface area contributed by atoms with Gasteiger partial charge in [0.05, 0.1) is 11.9 Å². The summed E-state index contributed by atoms with van der Waals surface area (Å²) in [5, 5.41) is 10.7. The standard InChI is InChI=1S/C14H17N5O/c15-7-11-8-19(18-17-11)9-14(20)16-13-6-12(13)10-4-2-1-3-5-10/h1-5,8,12-13H,6-7,9,15H2,(H,16,20). The second kappa shape index (κ2) is 5.42. The number of nitrogens with one attached hydrogen (secondary N) is 1. The number of carbonyl (C=O) groups excluding carboxylic acids is 1. The van der Waals surface area contributed by atoms with Crippen LogP contribution < -0.4 is 11.1 Å². The number of hydrogen-bond donors (Lipinski definition) is 2. The van der Waals surface area contributed by atoms with Crippen molar-refractivity contribution in [3.8, 4) is 0 Å². The van der Waals surface area contributed by atoms with Crippen LogP contribution in [0.15, 0.2) is 36.5 Å². The Hall–Kier alpha value is -2.21.